The largest absolute Gasteiger partial charge is 0.542 e. The molecule has 0 amide bonds. The predicted octanol–water partition coefficient (Wildman–Crippen LogP) is 6.42. The Balaban J connectivity index is 0.000000537. The predicted molar refractivity (Wildman–Crippen MR) is 173 cm³/mol. The van der Waals surface area contributed by atoms with Crippen molar-refractivity contribution >= 4 is 29.1 Å². The Morgan fingerprint density at radius 1 is 0.804 bits per heavy atom. The van der Waals surface area contributed by atoms with E-state index < -0.39 is 12.1 Å². The Bertz CT molecular complexity index is 1970. The number of rotatable bonds is 4. The SMILES string of the molecule is CN(C)c1ccc2c(c1)OC(c1ccccc1)=CC2=Cc1cc(-c2ccccc2)oc2cc(=[N+](C)C)ccc1-2.O=C([O-])C(F)(F)F. The summed E-state index contributed by atoms with van der Waals surface area (Å²) in [6.45, 7) is 0. The third-order valence-corrected chi connectivity index (χ3v) is 7.26. The summed E-state index contributed by atoms with van der Waals surface area (Å²) in [5.74, 6) is 0.336. The second-order valence-corrected chi connectivity index (χ2v) is 10.9. The van der Waals surface area contributed by atoms with Crippen LogP contribution in [0.15, 0.2) is 114 Å². The van der Waals surface area contributed by atoms with Gasteiger partial charge in [0, 0.05) is 54.2 Å². The van der Waals surface area contributed by atoms with Gasteiger partial charge >= 0.3 is 6.18 Å². The number of carboxylic acid groups (broad SMARTS) is 1. The minimum Gasteiger partial charge on any atom is -0.542 e. The number of allylic oxidation sites excluding steroid dienone is 2. The van der Waals surface area contributed by atoms with Crippen molar-refractivity contribution in [2.45, 2.75) is 6.18 Å². The molecule has 0 saturated heterocycles. The molecular formula is C37H31F3N2O4. The minimum absolute atomic E-state index is 0.827. The molecule has 0 atom stereocenters. The Morgan fingerprint density at radius 2 is 1.41 bits per heavy atom. The van der Waals surface area contributed by atoms with E-state index in [9.17, 15) is 13.2 Å². The van der Waals surface area contributed by atoms with Crippen LogP contribution < -0.4 is 24.7 Å². The maximum Gasteiger partial charge on any atom is 0.430 e. The lowest BCUT2D eigenvalue weighted by Gasteiger charge is -2.23. The van der Waals surface area contributed by atoms with Crippen molar-refractivity contribution < 1.29 is 32.2 Å². The van der Waals surface area contributed by atoms with Crippen molar-refractivity contribution in [1.82, 2.24) is 4.58 Å². The summed E-state index contributed by atoms with van der Waals surface area (Å²) < 4.78 is 46.6. The first kappa shape index (κ1) is 31.8. The highest BCUT2D eigenvalue weighted by Gasteiger charge is 2.29. The smallest absolute Gasteiger partial charge is 0.430 e. The summed E-state index contributed by atoms with van der Waals surface area (Å²) in [5.41, 5.74) is 7.46. The highest BCUT2D eigenvalue weighted by molar-refractivity contribution is 5.98. The van der Waals surface area contributed by atoms with Crippen LogP contribution in [0.3, 0.4) is 0 Å². The Morgan fingerprint density at radius 3 is 2.00 bits per heavy atom. The molecule has 3 aromatic carbocycles. The third kappa shape index (κ3) is 7.21. The zero-order valence-electron chi connectivity index (χ0n) is 25.6. The number of nitrogens with zero attached hydrogens (tertiary/aromatic N) is 2. The topological polar surface area (TPSA) is 68.8 Å². The molecule has 2 heterocycles. The molecule has 3 aromatic rings. The molecule has 0 radical (unpaired) electrons. The number of ether oxygens (including phenoxy) is 1. The number of carboxylic acids is 1. The molecule has 0 bridgehead atoms. The van der Waals surface area contributed by atoms with Crippen molar-refractivity contribution in [2.24, 2.45) is 0 Å². The van der Waals surface area contributed by atoms with Crippen LogP contribution in [-0.2, 0) is 4.79 Å². The molecule has 46 heavy (non-hydrogen) atoms. The van der Waals surface area contributed by atoms with Crippen LogP contribution in [0.25, 0.3) is 40.1 Å². The van der Waals surface area contributed by atoms with E-state index in [4.69, 9.17) is 19.1 Å². The van der Waals surface area contributed by atoms with Gasteiger partial charge in [-0.3, -0.25) is 0 Å². The summed E-state index contributed by atoms with van der Waals surface area (Å²) >= 11 is 0. The van der Waals surface area contributed by atoms with Gasteiger partial charge in [0.15, 0.2) is 0 Å². The monoisotopic (exact) mass is 624 g/mol. The fourth-order valence-electron chi connectivity index (χ4n) is 4.85. The van der Waals surface area contributed by atoms with E-state index in [2.05, 4.69) is 88.4 Å². The maximum atomic E-state index is 10.5. The number of aliphatic carboxylic acids is 1. The number of anilines is 1. The molecule has 0 aromatic heterocycles. The van der Waals surface area contributed by atoms with Crippen LogP contribution in [0.4, 0.5) is 18.9 Å². The summed E-state index contributed by atoms with van der Waals surface area (Å²) in [4.78, 5) is 10.9. The molecule has 6 rings (SSSR count). The molecule has 3 aliphatic rings. The van der Waals surface area contributed by atoms with E-state index in [1.807, 2.05) is 64.6 Å². The lowest BCUT2D eigenvalue weighted by Crippen LogP contribution is -2.37. The van der Waals surface area contributed by atoms with Crippen LogP contribution in [-0.4, -0.2) is 40.3 Å². The summed E-state index contributed by atoms with van der Waals surface area (Å²) in [6.07, 6.45) is -0.807. The number of hydrogen-bond acceptors (Lipinski definition) is 5. The molecule has 0 unspecified atom stereocenters. The van der Waals surface area contributed by atoms with Crippen LogP contribution in [0.1, 0.15) is 16.7 Å². The van der Waals surface area contributed by atoms with Gasteiger partial charge in [-0.05, 0) is 47.6 Å². The van der Waals surface area contributed by atoms with Crippen LogP contribution in [0.2, 0.25) is 0 Å². The Labute approximate surface area is 264 Å². The fourth-order valence-corrected chi connectivity index (χ4v) is 4.85. The standard InChI is InChI=1S/C35H31N2O2.C2HF3O2/c1-36(2)28-15-17-30-26(20-32(38-34(30)22-28)24-11-7-5-8-12-24)19-27-21-33(25-13-9-6-10-14-25)39-35-23-29(37(3)4)16-18-31(27)35;3-2(4,5)1(6)7/h5-23H,1-4H3;(H,6,7)/q+1;/p-1. The highest BCUT2D eigenvalue weighted by atomic mass is 19.4. The maximum absolute atomic E-state index is 10.5. The van der Waals surface area contributed by atoms with Crippen molar-refractivity contribution in [2.75, 3.05) is 33.1 Å². The average Bonchev–Trinajstić information content (AvgIpc) is 3.04. The van der Waals surface area contributed by atoms with Gasteiger partial charge in [-0.15, -0.1) is 0 Å². The molecule has 0 spiro atoms. The normalized spacial score (nSPS) is 13.2. The zero-order chi connectivity index (χ0) is 33.0. The van der Waals surface area contributed by atoms with Gasteiger partial charge in [0.1, 0.15) is 43.1 Å². The van der Waals surface area contributed by atoms with Crippen molar-refractivity contribution in [3.8, 4) is 28.4 Å². The number of halogens is 3. The molecule has 0 fully saturated rings. The lowest BCUT2D eigenvalue weighted by atomic mass is 9.94. The Kier molecular flexibility index (Phi) is 9.13. The molecule has 6 nitrogen and oxygen atoms in total. The first-order valence-electron chi connectivity index (χ1n) is 14.3. The van der Waals surface area contributed by atoms with Crippen LogP contribution in [0.5, 0.6) is 5.75 Å². The van der Waals surface area contributed by atoms with E-state index in [1.165, 1.54) is 0 Å². The second-order valence-electron chi connectivity index (χ2n) is 10.9. The highest BCUT2D eigenvalue weighted by Crippen LogP contribution is 2.41. The number of carbonyl (C=O) groups excluding carboxylic acids is 1. The van der Waals surface area contributed by atoms with E-state index in [-0.39, 0.29) is 0 Å². The van der Waals surface area contributed by atoms with E-state index >= 15 is 0 Å². The van der Waals surface area contributed by atoms with E-state index in [0.717, 1.165) is 67.5 Å². The third-order valence-electron chi connectivity index (χ3n) is 7.26. The van der Waals surface area contributed by atoms with Gasteiger partial charge in [-0.2, -0.15) is 13.2 Å². The number of hydrogen-bond donors (Lipinski definition) is 0. The zero-order valence-corrected chi connectivity index (χ0v) is 25.6. The summed E-state index contributed by atoms with van der Waals surface area (Å²) in [7, 11) is 8.17. The van der Waals surface area contributed by atoms with Crippen LogP contribution in [0, 0.1) is 0 Å². The van der Waals surface area contributed by atoms with Gasteiger partial charge in [0.25, 0.3) is 0 Å². The number of carbonyl (C=O) groups is 1. The second kappa shape index (κ2) is 13.2. The van der Waals surface area contributed by atoms with Crippen molar-refractivity contribution in [1.29, 1.82) is 0 Å². The van der Waals surface area contributed by atoms with E-state index in [0.29, 0.717) is 0 Å². The number of alkyl halides is 3. The first-order valence-corrected chi connectivity index (χ1v) is 14.3. The molecule has 2 aliphatic heterocycles. The summed E-state index contributed by atoms with van der Waals surface area (Å²) in [6, 6.07) is 35.4. The Hall–Kier alpha value is -5.57. The van der Waals surface area contributed by atoms with Crippen LogP contribution >= 0.6 is 0 Å². The molecular weight excluding hydrogens is 593 g/mol. The molecule has 0 N–H and O–H groups in total. The van der Waals surface area contributed by atoms with Gasteiger partial charge in [-0.1, -0.05) is 60.7 Å². The van der Waals surface area contributed by atoms with Gasteiger partial charge in [0.2, 0.25) is 5.36 Å². The fraction of sp³-hybridized carbons (Fsp3) is 0.135. The van der Waals surface area contributed by atoms with Crippen molar-refractivity contribution in [3.05, 3.63) is 131 Å². The molecule has 234 valence electrons. The van der Waals surface area contributed by atoms with Gasteiger partial charge in [0.05, 0.1) is 6.07 Å². The molecule has 0 saturated carbocycles. The lowest BCUT2D eigenvalue weighted by molar-refractivity contribution is -0.344. The number of benzene rings is 4. The molecule has 1 aliphatic carbocycles. The number of fused-ring (bicyclic) bond motifs is 2. The summed E-state index contributed by atoms with van der Waals surface area (Å²) in [5, 5.41) is 9.88. The van der Waals surface area contributed by atoms with Gasteiger partial charge < -0.3 is 24.0 Å². The van der Waals surface area contributed by atoms with Crippen molar-refractivity contribution in [3.63, 3.8) is 0 Å². The first-order chi connectivity index (χ1) is 21.9. The average molecular weight is 625 g/mol. The quantitative estimate of drug-likeness (QED) is 0.216. The van der Waals surface area contributed by atoms with E-state index in [1.54, 1.807) is 0 Å². The van der Waals surface area contributed by atoms with Gasteiger partial charge in [-0.25, -0.2) is 4.58 Å². The minimum atomic E-state index is -5.19. The molecule has 9 heteroatoms.